The van der Waals surface area contributed by atoms with Crippen molar-refractivity contribution in [1.82, 2.24) is 9.88 Å². The van der Waals surface area contributed by atoms with Crippen LogP contribution in [0, 0.1) is 0 Å². The van der Waals surface area contributed by atoms with Gasteiger partial charge >= 0.3 is 0 Å². The first-order valence-electron chi connectivity index (χ1n) is 6.03. The third-order valence-corrected chi connectivity index (χ3v) is 3.19. The molecule has 1 unspecified atom stereocenters. The topological polar surface area (TPSA) is 45.6 Å². The van der Waals surface area contributed by atoms with E-state index in [2.05, 4.69) is 9.88 Å². The van der Waals surface area contributed by atoms with E-state index in [1.165, 1.54) is 0 Å². The van der Waals surface area contributed by atoms with Crippen LogP contribution in [0.4, 0.5) is 0 Å². The number of methoxy groups -OCH3 is 1. The number of rotatable bonds is 3. The summed E-state index contributed by atoms with van der Waals surface area (Å²) in [6.45, 7) is 4.42. The Morgan fingerprint density at radius 2 is 2.41 bits per heavy atom. The van der Waals surface area contributed by atoms with Crippen molar-refractivity contribution < 1.29 is 9.84 Å². The van der Waals surface area contributed by atoms with Crippen molar-refractivity contribution in [2.45, 2.75) is 31.9 Å². The summed E-state index contributed by atoms with van der Waals surface area (Å²) in [6.07, 6.45) is 3.65. The summed E-state index contributed by atoms with van der Waals surface area (Å²) >= 11 is 0. The quantitative estimate of drug-likeness (QED) is 0.862. The monoisotopic (exact) mass is 236 g/mol. The normalized spacial score (nSPS) is 25.8. The molecule has 1 aliphatic rings. The summed E-state index contributed by atoms with van der Waals surface area (Å²) in [6, 6.07) is 3.94. The van der Waals surface area contributed by atoms with E-state index < -0.39 is 5.60 Å². The van der Waals surface area contributed by atoms with Gasteiger partial charge < -0.3 is 9.84 Å². The standard InChI is InChI=1S/C13H20N2O2/c1-13(16)6-4-8-15(10-13)9-11-5-3-7-14-12(11)17-2/h3,5,7,16H,4,6,8-10H2,1-2H3. The minimum atomic E-state index is -0.562. The summed E-state index contributed by atoms with van der Waals surface area (Å²) < 4.78 is 5.24. The minimum Gasteiger partial charge on any atom is -0.481 e. The van der Waals surface area contributed by atoms with Gasteiger partial charge in [-0.1, -0.05) is 6.07 Å². The highest BCUT2D eigenvalue weighted by molar-refractivity contribution is 5.25. The molecule has 0 amide bonds. The third kappa shape index (κ3) is 3.17. The van der Waals surface area contributed by atoms with Crippen LogP contribution in [-0.2, 0) is 6.54 Å². The number of likely N-dealkylation sites (tertiary alicyclic amines) is 1. The van der Waals surface area contributed by atoms with Gasteiger partial charge in [-0.05, 0) is 32.4 Å². The van der Waals surface area contributed by atoms with Crippen LogP contribution in [0.25, 0.3) is 0 Å². The maximum Gasteiger partial charge on any atom is 0.217 e. The average molecular weight is 236 g/mol. The number of ether oxygens (including phenoxy) is 1. The third-order valence-electron chi connectivity index (χ3n) is 3.19. The smallest absolute Gasteiger partial charge is 0.217 e. The first-order valence-corrected chi connectivity index (χ1v) is 6.03. The molecule has 1 aromatic heterocycles. The Bertz CT molecular complexity index is 379. The molecule has 0 radical (unpaired) electrons. The van der Waals surface area contributed by atoms with Gasteiger partial charge in [0, 0.05) is 24.8 Å². The second-order valence-electron chi connectivity index (χ2n) is 4.98. The lowest BCUT2D eigenvalue weighted by atomic mass is 9.95. The van der Waals surface area contributed by atoms with Gasteiger partial charge in [-0.2, -0.15) is 0 Å². The largest absolute Gasteiger partial charge is 0.481 e. The van der Waals surface area contributed by atoms with Gasteiger partial charge in [0.2, 0.25) is 5.88 Å². The lowest BCUT2D eigenvalue weighted by Crippen LogP contribution is -2.45. The van der Waals surface area contributed by atoms with Gasteiger partial charge in [0.05, 0.1) is 12.7 Å². The van der Waals surface area contributed by atoms with Gasteiger partial charge in [-0.25, -0.2) is 4.98 Å². The summed E-state index contributed by atoms with van der Waals surface area (Å²) in [5.74, 6) is 0.678. The van der Waals surface area contributed by atoms with Crippen molar-refractivity contribution in [3.05, 3.63) is 23.9 Å². The SMILES string of the molecule is COc1ncccc1CN1CCCC(C)(O)C1. The van der Waals surface area contributed by atoms with Crippen LogP contribution in [0.5, 0.6) is 5.88 Å². The predicted molar refractivity (Wildman–Crippen MR) is 65.9 cm³/mol. The Hall–Kier alpha value is -1.13. The second-order valence-corrected chi connectivity index (χ2v) is 4.98. The molecule has 0 saturated carbocycles. The highest BCUT2D eigenvalue weighted by atomic mass is 16.5. The van der Waals surface area contributed by atoms with Crippen LogP contribution in [0.3, 0.4) is 0 Å². The molecule has 0 aromatic carbocycles. The van der Waals surface area contributed by atoms with Crippen molar-refractivity contribution in [3.8, 4) is 5.88 Å². The Morgan fingerprint density at radius 3 is 3.12 bits per heavy atom. The molecule has 4 heteroatoms. The summed E-state index contributed by atoms with van der Waals surface area (Å²) in [5.41, 5.74) is 0.515. The van der Waals surface area contributed by atoms with E-state index in [4.69, 9.17) is 4.74 Å². The van der Waals surface area contributed by atoms with E-state index >= 15 is 0 Å². The molecule has 94 valence electrons. The molecule has 17 heavy (non-hydrogen) atoms. The van der Waals surface area contributed by atoms with E-state index in [1.54, 1.807) is 13.3 Å². The number of β-amino-alcohol motifs (C(OH)–C–C–N with tert-alkyl or cyclic N) is 1. The molecule has 1 aliphatic heterocycles. The number of pyridine rings is 1. The number of aromatic nitrogens is 1. The highest BCUT2D eigenvalue weighted by Crippen LogP contribution is 2.23. The summed E-state index contributed by atoms with van der Waals surface area (Å²) in [5, 5.41) is 10.1. The highest BCUT2D eigenvalue weighted by Gasteiger charge is 2.28. The predicted octanol–water partition coefficient (Wildman–Crippen LogP) is 1.44. The summed E-state index contributed by atoms with van der Waals surface area (Å²) in [7, 11) is 1.64. The van der Waals surface area contributed by atoms with Gasteiger partial charge in [-0.15, -0.1) is 0 Å². The number of aliphatic hydroxyl groups is 1. The number of nitrogens with zero attached hydrogens (tertiary/aromatic N) is 2. The number of hydrogen-bond acceptors (Lipinski definition) is 4. The van der Waals surface area contributed by atoms with Crippen molar-refractivity contribution in [2.24, 2.45) is 0 Å². The molecule has 1 aromatic rings. The molecule has 1 fully saturated rings. The number of piperidine rings is 1. The van der Waals surface area contributed by atoms with Crippen molar-refractivity contribution in [1.29, 1.82) is 0 Å². The Labute approximate surface area is 102 Å². The van der Waals surface area contributed by atoms with Crippen LogP contribution in [-0.4, -0.2) is 40.8 Å². The first kappa shape index (κ1) is 12.3. The van der Waals surface area contributed by atoms with Gasteiger partial charge in [-0.3, -0.25) is 4.90 Å². The van der Waals surface area contributed by atoms with Crippen LogP contribution in [0.2, 0.25) is 0 Å². The van der Waals surface area contributed by atoms with E-state index in [0.29, 0.717) is 12.4 Å². The van der Waals surface area contributed by atoms with Crippen LogP contribution in [0.1, 0.15) is 25.3 Å². The lowest BCUT2D eigenvalue weighted by molar-refractivity contribution is -0.0183. The molecular formula is C13H20N2O2. The average Bonchev–Trinajstić information content (AvgIpc) is 2.28. The van der Waals surface area contributed by atoms with E-state index in [9.17, 15) is 5.11 Å². The fourth-order valence-electron chi connectivity index (χ4n) is 2.43. The molecule has 1 saturated heterocycles. The zero-order valence-electron chi connectivity index (χ0n) is 10.5. The van der Waals surface area contributed by atoms with Gasteiger partial charge in [0.15, 0.2) is 0 Å². The fourth-order valence-corrected chi connectivity index (χ4v) is 2.43. The molecule has 0 spiro atoms. The fraction of sp³-hybridized carbons (Fsp3) is 0.615. The lowest BCUT2D eigenvalue weighted by Gasteiger charge is -2.36. The molecule has 4 nitrogen and oxygen atoms in total. The molecule has 1 N–H and O–H groups in total. The van der Waals surface area contributed by atoms with E-state index in [1.807, 2.05) is 19.1 Å². The van der Waals surface area contributed by atoms with Gasteiger partial charge in [0.1, 0.15) is 0 Å². The Morgan fingerprint density at radius 1 is 1.59 bits per heavy atom. The van der Waals surface area contributed by atoms with Crippen LogP contribution < -0.4 is 4.74 Å². The Kier molecular flexibility index (Phi) is 3.64. The summed E-state index contributed by atoms with van der Waals surface area (Å²) in [4.78, 5) is 6.44. The number of hydrogen-bond donors (Lipinski definition) is 1. The van der Waals surface area contributed by atoms with Crippen molar-refractivity contribution >= 4 is 0 Å². The zero-order chi connectivity index (χ0) is 12.3. The molecule has 1 atom stereocenters. The maximum atomic E-state index is 10.1. The minimum absolute atomic E-state index is 0.562. The molecule has 0 aliphatic carbocycles. The molecular weight excluding hydrogens is 216 g/mol. The van der Waals surface area contributed by atoms with Crippen LogP contribution in [0.15, 0.2) is 18.3 Å². The van der Waals surface area contributed by atoms with Gasteiger partial charge in [0.25, 0.3) is 0 Å². The second kappa shape index (κ2) is 5.02. The first-order chi connectivity index (χ1) is 8.11. The van der Waals surface area contributed by atoms with E-state index in [-0.39, 0.29) is 0 Å². The molecule has 2 heterocycles. The maximum absolute atomic E-state index is 10.1. The van der Waals surface area contributed by atoms with Crippen molar-refractivity contribution in [3.63, 3.8) is 0 Å². The van der Waals surface area contributed by atoms with Crippen molar-refractivity contribution in [2.75, 3.05) is 20.2 Å². The molecule has 2 rings (SSSR count). The Balaban J connectivity index is 2.05. The van der Waals surface area contributed by atoms with Crippen LogP contribution >= 0.6 is 0 Å². The van der Waals surface area contributed by atoms with E-state index in [0.717, 1.165) is 31.5 Å². The zero-order valence-corrected chi connectivity index (χ0v) is 10.5. The molecule has 0 bridgehead atoms.